The van der Waals surface area contributed by atoms with Crippen LogP contribution in [0.5, 0.6) is 0 Å². The van der Waals surface area contributed by atoms with Gasteiger partial charge in [-0.3, -0.25) is 19.7 Å². The van der Waals surface area contributed by atoms with E-state index in [1.165, 1.54) is 5.56 Å². The van der Waals surface area contributed by atoms with E-state index in [9.17, 15) is 14.4 Å². The Morgan fingerprint density at radius 3 is 2.62 bits per heavy atom. The summed E-state index contributed by atoms with van der Waals surface area (Å²) >= 11 is 0. The predicted molar refractivity (Wildman–Crippen MR) is 107 cm³/mol. The summed E-state index contributed by atoms with van der Waals surface area (Å²) in [4.78, 5) is 37.8. The molecular weight excluding hydrogens is 368 g/mol. The van der Waals surface area contributed by atoms with Gasteiger partial charge in [-0.2, -0.15) is 0 Å². The van der Waals surface area contributed by atoms with Crippen LogP contribution in [-0.4, -0.2) is 28.7 Å². The van der Waals surface area contributed by atoms with Crippen molar-refractivity contribution in [3.05, 3.63) is 70.3 Å². The Hall–Kier alpha value is -3.03. The van der Waals surface area contributed by atoms with Gasteiger partial charge in [-0.15, -0.1) is 0 Å². The second-order valence-electron chi connectivity index (χ2n) is 7.47. The molecule has 0 aliphatic carbocycles. The van der Waals surface area contributed by atoms with E-state index in [1.807, 2.05) is 36.4 Å². The molecule has 1 saturated heterocycles. The van der Waals surface area contributed by atoms with Crippen molar-refractivity contribution in [2.75, 3.05) is 0 Å². The number of benzene rings is 2. The molecule has 7 heteroatoms. The summed E-state index contributed by atoms with van der Waals surface area (Å²) in [7, 11) is 0. The molecule has 0 bridgehead atoms. The summed E-state index contributed by atoms with van der Waals surface area (Å²) < 4.78 is 0. The molecule has 4 rings (SSSR count). The summed E-state index contributed by atoms with van der Waals surface area (Å²) in [5, 5.41) is 5.75. The highest BCUT2D eigenvalue weighted by molar-refractivity contribution is 6.05. The fraction of sp³-hybridized carbons (Fsp3) is 0.318. The number of carbonyl (C=O) groups excluding carboxylic acids is 3. The molecule has 1 fully saturated rings. The second-order valence-corrected chi connectivity index (χ2v) is 7.47. The maximum Gasteiger partial charge on any atom is 0.255 e. The molecule has 1 unspecified atom stereocenters. The molecular formula is C22H24N4O3. The zero-order valence-corrected chi connectivity index (χ0v) is 16.1. The number of rotatable bonds is 6. The number of imide groups is 1. The Labute approximate surface area is 169 Å². The van der Waals surface area contributed by atoms with Crippen LogP contribution in [0.1, 0.15) is 45.5 Å². The third-order valence-corrected chi connectivity index (χ3v) is 5.57. The minimum absolute atomic E-state index is 0.147. The first-order chi connectivity index (χ1) is 14.1. The largest absolute Gasteiger partial charge is 0.326 e. The van der Waals surface area contributed by atoms with E-state index in [1.54, 1.807) is 4.90 Å². The highest BCUT2D eigenvalue weighted by atomic mass is 16.2. The number of amides is 3. The van der Waals surface area contributed by atoms with Crippen molar-refractivity contribution >= 4 is 17.7 Å². The third-order valence-electron chi connectivity index (χ3n) is 5.57. The Morgan fingerprint density at radius 2 is 1.86 bits per heavy atom. The lowest BCUT2D eigenvalue weighted by atomic mass is 10.0. The molecule has 3 amide bonds. The number of hydrogen-bond donors (Lipinski definition) is 3. The Bertz CT molecular complexity index is 972. The van der Waals surface area contributed by atoms with E-state index in [0.717, 1.165) is 16.7 Å². The molecule has 7 nitrogen and oxygen atoms in total. The summed E-state index contributed by atoms with van der Waals surface area (Å²) in [6.07, 6.45) is 0.634. The van der Waals surface area contributed by atoms with Crippen LogP contribution in [0.4, 0.5) is 0 Å². The van der Waals surface area contributed by atoms with Crippen molar-refractivity contribution < 1.29 is 14.4 Å². The van der Waals surface area contributed by atoms with Crippen LogP contribution >= 0.6 is 0 Å². The molecule has 150 valence electrons. The second kappa shape index (κ2) is 8.14. The number of carbonyl (C=O) groups is 3. The Morgan fingerprint density at radius 1 is 1.07 bits per heavy atom. The van der Waals surface area contributed by atoms with Gasteiger partial charge < -0.3 is 16.0 Å². The van der Waals surface area contributed by atoms with Crippen LogP contribution in [0.2, 0.25) is 0 Å². The van der Waals surface area contributed by atoms with Crippen LogP contribution in [0.3, 0.4) is 0 Å². The molecule has 0 aromatic heterocycles. The first kappa shape index (κ1) is 19.3. The minimum Gasteiger partial charge on any atom is -0.326 e. The lowest BCUT2D eigenvalue weighted by Gasteiger charge is -2.29. The van der Waals surface area contributed by atoms with E-state index >= 15 is 0 Å². The third kappa shape index (κ3) is 3.92. The summed E-state index contributed by atoms with van der Waals surface area (Å²) in [5.41, 5.74) is 10.7. The Balaban J connectivity index is 1.41. The maximum atomic E-state index is 12.7. The lowest BCUT2D eigenvalue weighted by molar-refractivity contribution is -0.136. The first-order valence-electron chi connectivity index (χ1n) is 9.81. The number of fused-ring (bicyclic) bond motifs is 1. The molecule has 2 aliphatic rings. The predicted octanol–water partition coefficient (Wildman–Crippen LogP) is 1.20. The highest BCUT2D eigenvalue weighted by Gasteiger charge is 2.38. The Kier molecular flexibility index (Phi) is 5.42. The van der Waals surface area contributed by atoms with Gasteiger partial charge in [-0.1, -0.05) is 36.4 Å². The number of nitrogens with one attached hydrogen (secondary N) is 2. The van der Waals surface area contributed by atoms with Crippen LogP contribution in [0.25, 0.3) is 0 Å². The van der Waals surface area contributed by atoms with E-state index in [4.69, 9.17) is 5.73 Å². The van der Waals surface area contributed by atoms with Crippen LogP contribution in [0, 0.1) is 0 Å². The quantitative estimate of drug-likeness (QED) is 0.641. The van der Waals surface area contributed by atoms with Gasteiger partial charge in [0.25, 0.3) is 5.91 Å². The van der Waals surface area contributed by atoms with Gasteiger partial charge in [-0.25, -0.2) is 0 Å². The molecule has 29 heavy (non-hydrogen) atoms. The maximum absolute atomic E-state index is 12.7. The topological polar surface area (TPSA) is 105 Å². The van der Waals surface area contributed by atoms with Crippen LogP contribution in [-0.2, 0) is 35.8 Å². The lowest BCUT2D eigenvalue weighted by Crippen LogP contribution is -2.52. The van der Waals surface area contributed by atoms with Crippen molar-refractivity contribution in [1.82, 2.24) is 15.5 Å². The van der Waals surface area contributed by atoms with Crippen LogP contribution in [0.15, 0.2) is 42.5 Å². The van der Waals surface area contributed by atoms with Gasteiger partial charge >= 0.3 is 0 Å². The average Bonchev–Trinajstić information content (AvgIpc) is 3.04. The molecule has 2 heterocycles. The standard InChI is InChI=1S/C22H24N4O3/c23-10-15-3-1-2-4-16(15)12-24-11-14-5-6-18-17(9-14)13-26(22(18)29)19-7-8-20(27)25-21(19)28/h1-6,9,19,24H,7-8,10-13,23H2,(H,25,27,28). The molecule has 0 saturated carbocycles. The van der Waals surface area contributed by atoms with Gasteiger partial charge in [0.1, 0.15) is 6.04 Å². The number of nitrogens with two attached hydrogens (primary N) is 1. The zero-order valence-electron chi connectivity index (χ0n) is 16.1. The monoisotopic (exact) mass is 392 g/mol. The average molecular weight is 392 g/mol. The fourth-order valence-corrected chi connectivity index (χ4v) is 4.01. The number of nitrogens with zero attached hydrogens (tertiary/aromatic N) is 1. The van der Waals surface area contributed by atoms with Crippen molar-refractivity contribution in [2.24, 2.45) is 5.73 Å². The molecule has 2 aliphatic heterocycles. The van der Waals surface area contributed by atoms with Gasteiger partial charge in [0.15, 0.2) is 0 Å². The first-order valence-corrected chi connectivity index (χ1v) is 9.81. The molecule has 1 atom stereocenters. The molecule has 4 N–H and O–H groups in total. The summed E-state index contributed by atoms with van der Waals surface area (Å²) in [6, 6.07) is 13.3. The van der Waals surface area contributed by atoms with E-state index in [2.05, 4.69) is 16.7 Å². The summed E-state index contributed by atoms with van der Waals surface area (Å²) in [5.74, 6) is -0.811. The van der Waals surface area contributed by atoms with E-state index in [-0.39, 0.29) is 24.1 Å². The minimum atomic E-state index is -0.582. The fourth-order valence-electron chi connectivity index (χ4n) is 4.01. The van der Waals surface area contributed by atoms with Gasteiger partial charge in [0.2, 0.25) is 11.8 Å². The molecule has 0 radical (unpaired) electrons. The molecule has 2 aromatic rings. The molecule has 2 aromatic carbocycles. The van der Waals surface area contributed by atoms with Gasteiger partial charge in [0.05, 0.1) is 0 Å². The normalized spacial score (nSPS) is 18.7. The zero-order chi connectivity index (χ0) is 20.4. The van der Waals surface area contributed by atoms with Crippen molar-refractivity contribution in [2.45, 2.75) is 45.1 Å². The molecule has 0 spiro atoms. The van der Waals surface area contributed by atoms with Gasteiger partial charge in [-0.05, 0) is 34.7 Å². The smallest absolute Gasteiger partial charge is 0.255 e. The van der Waals surface area contributed by atoms with Gasteiger partial charge in [0, 0.05) is 38.2 Å². The summed E-state index contributed by atoms with van der Waals surface area (Å²) in [6.45, 7) is 2.28. The number of hydrogen-bond acceptors (Lipinski definition) is 5. The van der Waals surface area contributed by atoms with Crippen LogP contribution < -0.4 is 16.4 Å². The van der Waals surface area contributed by atoms with Crippen molar-refractivity contribution in [3.63, 3.8) is 0 Å². The van der Waals surface area contributed by atoms with Crippen molar-refractivity contribution in [3.8, 4) is 0 Å². The van der Waals surface area contributed by atoms with E-state index < -0.39 is 6.04 Å². The highest BCUT2D eigenvalue weighted by Crippen LogP contribution is 2.28. The SMILES string of the molecule is NCc1ccccc1CNCc1ccc2c(c1)CN(C1CCC(=O)NC1=O)C2=O. The number of piperidine rings is 1. The van der Waals surface area contributed by atoms with Crippen molar-refractivity contribution in [1.29, 1.82) is 0 Å². The van der Waals surface area contributed by atoms with E-state index in [0.29, 0.717) is 38.2 Å².